The molecule has 0 saturated heterocycles. The smallest absolute Gasteiger partial charge is 0.239 e. The number of nitrogens with zero attached hydrogens (tertiary/aromatic N) is 3. The number of halogens is 2. The second-order valence-electron chi connectivity index (χ2n) is 5.16. The standard InChI is InChI=1S/C15H22N4OS.2ClH/c1-11-13(19-8-5-4-6-14(19)17-11)10-18(2)15(20)12(16)7-9-21-3;;/h4-6,8,12H,7,9-10,16H2,1-3H3;2*1H/t12-;;/m0../s1. The van der Waals surface area contributed by atoms with Crippen molar-refractivity contribution in [1.29, 1.82) is 0 Å². The van der Waals surface area contributed by atoms with Crippen molar-refractivity contribution in [1.82, 2.24) is 14.3 Å². The molecule has 2 heterocycles. The fourth-order valence-electron chi connectivity index (χ4n) is 2.31. The van der Waals surface area contributed by atoms with Crippen molar-refractivity contribution < 1.29 is 4.79 Å². The molecule has 23 heavy (non-hydrogen) atoms. The first kappa shape index (κ1) is 22.1. The lowest BCUT2D eigenvalue weighted by Crippen LogP contribution is -2.42. The number of pyridine rings is 1. The molecule has 0 spiro atoms. The molecule has 8 heteroatoms. The molecular formula is C15H24Cl2N4OS. The topological polar surface area (TPSA) is 63.6 Å². The number of nitrogens with two attached hydrogens (primary N) is 1. The van der Waals surface area contributed by atoms with Crippen LogP contribution in [0.4, 0.5) is 0 Å². The lowest BCUT2D eigenvalue weighted by Gasteiger charge is -2.21. The average Bonchev–Trinajstić information content (AvgIpc) is 2.80. The predicted octanol–water partition coefficient (Wildman–Crippen LogP) is 2.53. The summed E-state index contributed by atoms with van der Waals surface area (Å²) >= 11 is 1.70. The quantitative estimate of drug-likeness (QED) is 0.838. The molecule has 0 bridgehead atoms. The monoisotopic (exact) mass is 378 g/mol. The predicted molar refractivity (Wildman–Crippen MR) is 102 cm³/mol. The second-order valence-corrected chi connectivity index (χ2v) is 6.14. The van der Waals surface area contributed by atoms with Gasteiger partial charge in [-0.2, -0.15) is 11.8 Å². The number of aryl methyl sites for hydroxylation is 1. The molecule has 0 saturated carbocycles. The first-order valence-electron chi connectivity index (χ1n) is 6.96. The highest BCUT2D eigenvalue weighted by Crippen LogP contribution is 2.14. The third kappa shape index (κ3) is 5.28. The van der Waals surface area contributed by atoms with E-state index in [4.69, 9.17) is 5.73 Å². The van der Waals surface area contributed by atoms with E-state index < -0.39 is 6.04 Å². The van der Waals surface area contributed by atoms with Gasteiger partial charge < -0.3 is 15.0 Å². The summed E-state index contributed by atoms with van der Waals surface area (Å²) in [6.45, 7) is 2.48. The van der Waals surface area contributed by atoms with E-state index in [2.05, 4.69) is 4.98 Å². The lowest BCUT2D eigenvalue weighted by atomic mass is 10.2. The Labute approximate surface area is 153 Å². The average molecular weight is 379 g/mol. The summed E-state index contributed by atoms with van der Waals surface area (Å²) in [5.41, 5.74) is 8.83. The number of carbonyl (C=O) groups is 1. The molecule has 1 atom stereocenters. The molecule has 2 N–H and O–H groups in total. The third-order valence-electron chi connectivity index (χ3n) is 3.54. The van der Waals surface area contributed by atoms with Crippen LogP contribution in [0.3, 0.4) is 0 Å². The highest BCUT2D eigenvalue weighted by atomic mass is 35.5. The van der Waals surface area contributed by atoms with E-state index in [1.54, 1.807) is 23.7 Å². The zero-order valence-corrected chi connectivity index (χ0v) is 16.0. The number of fused-ring (bicyclic) bond motifs is 1. The molecule has 0 aliphatic heterocycles. The fraction of sp³-hybridized carbons (Fsp3) is 0.467. The maximum Gasteiger partial charge on any atom is 0.239 e. The number of hydrogen-bond donors (Lipinski definition) is 1. The third-order valence-corrected chi connectivity index (χ3v) is 4.19. The van der Waals surface area contributed by atoms with E-state index in [1.807, 2.05) is 42.0 Å². The minimum absolute atomic E-state index is 0. The Bertz CT molecular complexity index is 635. The van der Waals surface area contributed by atoms with E-state index in [-0.39, 0.29) is 30.7 Å². The maximum atomic E-state index is 12.3. The summed E-state index contributed by atoms with van der Waals surface area (Å²) in [5, 5.41) is 0. The Morgan fingerprint density at radius 2 is 2.13 bits per heavy atom. The van der Waals surface area contributed by atoms with Gasteiger partial charge in [-0.25, -0.2) is 4.98 Å². The lowest BCUT2D eigenvalue weighted by molar-refractivity contribution is -0.131. The van der Waals surface area contributed by atoms with Crippen LogP contribution >= 0.6 is 36.6 Å². The van der Waals surface area contributed by atoms with Gasteiger partial charge in [-0.05, 0) is 37.5 Å². The molecule has 0 aliphatic carbocycles. The van der Waals surface area contributed by atoms with Gasteiger partial charge in [0.15, 0.2) is 0 Å². The summed E-state index contributed by atoms with van der Waals surface area (Å²) in [7, 11) is 1.79. The summed E-state index contributed by atoms with van der Waals surface area (Å²) < 4.78 is 2.02. The Morgan fingerprint density at radius 3 is 2.78 bits per heavy atom. The molecule has 0 aliphatic rings. The summed E-state index contributed by atoms with van der Waals surface area (Å²) in [4.78, 5) is 18.5. The van der Waals surface area contributed by atoms with E-state index in [1.165, 1.54) is 0 Å². The Kier molecular flexibility index (Phi) is 9.61. The zero-order valence-electron chi connectivity index (χ0n) is 13.6. The van der Waals surface area contributed by atoms with Crippen molar-refractivity contribution in [2.24, 2.45) is 5.73 Å². The molecule has 2 rings (SSSR count). The van der Waals surface area contributed by atoms with E-state index in [0.29, 0.717) is 13.0 Å². The second kappa shape index (κ2) is 10.0. The highest BCUT2D eigenvalue weighted by Gasteiger charge is 2.19. The summed E-state index contributed by atoms with van der Waals surface area (Å²) in [5.74, 6) is 0.879. The van der Waals surface area contributed by atoms with Gasteiger partial charge in [0.25, 0.3) is 0 Å². The van der Waals surface area contributed by atoms with Crippen LogP contribution < -0.4 is 5.73 Å². The Balaban J connectivity index is 0.00000242. The molecule has 2 aromatic rings. The SMILES string of the molecule is CSCC[C@H](N)C(=O)N(C)Cc1c(C)nc2ccccn12.Cl.Cl. The van der Waals surface area contributed by atoms with Gasteiger partial charge in [0.1, 0.15) is 5.65 Å². The molecule has 5 nitrogen and oxygen atoms in total. The van der Waals surface area contributed by atoms with Crippen molar-refractivity contribution in [3.8, 4) is 0 Å². The number of amides is 1. The van der Waals surface area contributed by atoms with E-state index >= 15 is 0 Å². The van der Waals surface area contributed by atoms with Crippen LogP contribution in [0.1, 0.15) is 17.8 Å². The number of carbonyl (C=O) groups excluding carboxylic acids is 1. The molecule has 0 aromatic carbocycles. The Morgan fingerprint density at radius 1 is 1.43 bits per heavy atom. The first-order valence-corrected chi connectivity index (χ1v) is 8.36. The van der Waals surface area contributed by atoms with Crippen LogP contribution in [0.2, 0.25) is 0 Å². The normalized spacial score (nSPS) is 11.5. The zero-order chi connectivity index (χ0) is 15.4. The van der Waals surface area contributed by atoms with Gasteiger partial charge in [0.05, 0.1) is 24.0 Å². The molecule has 0 unspecified atom stereocenters. The highest BCUT2D eigenvalue weighted by molar-refractivity contribution is 7.98. The number of aromatic nitrogens is 2. The molecule has 2 aromatic heterocycles. The van der Waals surface area contributed by atoms with Crippen LogP contribution in [0.15, 0.2) is 24.4 Å². The first-order chi connectivity index (χ1) is 10.0. The van der Waals surface area contributed by atoms with Crippen LogP contribution in [-0.4, -0.2) is 45.3 Å². The number of rotatable bonds is 6. The Hall–Kier alpha value is -0.950. The number of hydrogen-bond acceptors (Lipinski definition) is 4. The van der Waals surface area contributed by atoms with Gasteiger partial charge in [-0.1, -0.05) is 6.07 Å². The molecule has 0 fully saturated rings. The van der Waals surface area contributed by atoms with Gasteiger partial charge >= 0.3 is 0 Å². The minimum Gasteiger partial charge on any atom is -0.339 e. The van der Waals surface area contributed by atoms with Crippen LogP contribution in [0, 0.1) is 6.92 Å². The molecular weight excluding hydrogens is 355 g/mol. The summed E-state index contributed by atoms with van der Waals surface area (Å²) in [6, 6.07) is 5.45. The van der Waals surface area contributed by atoms with E-state index in [9.17, 15) is 4.79 Å². The number of thioether (sulfide) groups is 1. The maximum absolute atomic E-state index is 12.3. The largest absolute Gasteiger partial charge is 0.339 e. The summed E-state index contributed by atoms with van der Waals surface area (Å²) in [6.07, 6.45) is 4.69. The number of likely N-dealkylation sites (N-methyl/N-ethyl adjacent to an activating group) is 1. The van der Waals surface area contributed by atoms with Gasteiger partial charge in [0.2, 0.25) is 5.91 Å². The minimum atomic E-state index is -0.429. The van der Waals surface area contributed by atoms with Crippen LogP contribution in [0.5, 0.6) is 0 Å². The van der Waals surface area contributed by atoms with Crippen molar-refractivity contribution in [3.63, 3.8) is 0 Å². The number of imidazole rings is 1. The van der Waals surface area contributed by atoms with Gasteiger partial charge in [0, 0.05) is 13.2 Å². The van der Waals surface area contributed by atoms with Gasteiger partial charge in [-0.3, -0.25) is 4.79 Å². The molecule has 1 amide bonds. The van der Waals surface area contributed by atoms with Crippen molar-refractivity contribution in [2.45, 2.75) is 25.9 Å². The molecule has 0 radical (unpaired) electrons. The van der Waals surface area contributed by atoms with Crippen molar-refractivity contribution in [3.05, 3.63) is 35.8 Å². The molecule has 130 valence electrons. The van der Waals surface area contributed by atoms with Crippen LogP contribution in [0.25, 0.3) is 5.65 Å². The van der Waals surface area contributed by atoms with Crippen LogP contribution in [-0.2, 0) is 11.3 Å². The van der Waals surface area contributed by atoms with Gasteiger partial charge in [-0.15, -0.1) is 24.8 Å². The van der Waals surface area contributed by atoms with Crippen molar-refractivity contribution in [2.75, 3.05) is 19.1 Å². The van der Waals surface area contributed by atoms with E-state index in [0.717, 1.165) is 22.8 Å². The van der Waals surface area contributed by atoms with Crippen molar-refractivity contribution >= 4 is 48.1 Å². The fourth-order valence-corrected chi connectivity index (χ4v) is 2.80.